The van der Waals surface area contributed by atoms with Crippen molar-refractivity contribution >= 4 is 29.3 Å². The lowest BCUT2D eigenvalue weighted by Crippen LogP contribution is -2.46. The SMILES string of the molecule is O=C(CNC(=O)c1cccc(F)c1)NNC(=O)c1ccc(COc2ccc(Cl)cc2)cc1. The van der Waals surface area contributed by atoms with Crippen LogP contribution in [-0.4, -0.2) is 24.3 Å². The summed E-state index contributed by atoms with van der Waals surface area (Å²) in [5.41, 5.74) is 5.72. The van der Waals surface area contributed by atoms with E-state index in [-0.39, 0.29) is 5.56 Å². The fraction of sp³-hybridized carbons (Fsp3) is 0.0870. The first-order valence-electron chi connectivity index (χ1n) is 9.51. The molecule has 3 aromatic carbocycles. The maximum Gasteiger partial charge on any atom is 0.269 e. The van der Waals surface area contributed by atoms with Crippen molar-refractivity contribution in [2.75, 3.05) is 6.54 Å². The first-order chi connectivity index (χ1) is 15.4. The van der Waals surface area contributed by atoms with Gasteiger partial charge in [-0.2, -0.15) is 0 Å². The third-order valence-corrected chi connectivity index (χ3v) is 4.50. The van der Waals surface area contributed by atoms with Crippen molar-refractivity contribution in [1.29, 1.82) is 0 Å². The number of rotatable bonds is 7. The summed E-state index contributed by atoms with van der Waals surface area (Å²) < 4.78 is 18.8. The number of halogens is 2. The van der Waals surface area contributed by atoms with Crippen LogP contribution < -0.4 is 20.9 Å². The molecule has 9 heteroatoms. The molecular weight excluding hydrogens is 437 g/mol. The zero-order valence-corrected chi connectivity index (χ0v) is 17.5. The van der Waals surface area contributed by atoms with Crippen LogP contribution in [0.2, 0.25) is 5.02 Å². The molecule has 164 valence electrons. The molecule has 32 heavy (non-hydrogen) atoms. The lowest BCUT2D eigenvalue weighted by Gasteiger charge is -2.10. The molecule has 0 aliphatic rings. The van der Waals surface area contributed by atoms with Gasteiger partial charge in [-0.05, 0) is 60.2 Å². The maximum atomic E-state index is 13.1. The molecule has 3 aromatic rings. The number of hydrazine groups is 1. The molecule has 0 spiro atoms. The van der Waals surface area contributed by atoms with Crippen molar-refractivity contribution in [3.63, 3.8) is 0 Å². The summed E-state index contributed by atoms with van der Waals surface area (Å²) in [4.78, 5) is 35.9. The highest BCUT2D eigenvalue weighted by Crippen LogP contribution is 2.17. The summed E-state index contributed by atoms with van der Waals surface area (Å²) in [7, 11) is 0. The largest absolute Gasteiger partial charge is 0.489 e. The van der Waals surface area contributed by atoms with Gasteiger partial charge in [-0.25, -0.2) is 4.39 Å². The highest BCUT2D eigenvalue weighted by Gasteiger charge is 2.10. The molecule has 7 nitrogen and oxygen atoms in total. The average Bonchev–Trinajstić information content (AvgIpc) is 2.81. The molecule has 0 aliphatic carbocycles. The molecule has 0 aromatic heterocycles. The Morgan fingerprint density at radius 1 is 0.844 bits per heavy atom. The van der Waals surface area contributed by atoms with Crippen LogP contribution >= 0.6 is 11.6 Å². The summed E-state index contributed by atoms with van der Waals surface area (Å²) in [6.07, 6.45) is 0. The van der Waals surface area contributed by atoms with Gasteiger partial charge < -0.3 is 10.1 Å². The summed E-state index contributed by atoms with van der Waals surface area (Å²) in [6, 6.07) is 18.7. The van der Waals surface area contributed by atoms with Crippen molar-refractivity contribution in [1.82, 2.24) is 16.2 Å². The Labute approximate surface area is 188 Å². The first-order valence-corrected chi connectivity index (χ1v) is 9.89. The average molecular weight is 456 g/mol. The topological polar surface area (TPSA) is 96.5 Å². The monoisotopic (exact) mass is 455 g/mol. The molecule has 0 radical (unpaired) electrons. The van der Waals surface area contributed by atoms with Crippen LogP contribution in [0.4, 0.5) is 4.39 Å². The van der Waals surface area contributed by atoms with Gasteiger partial charge in [0, 0.05) is 16.1 Å². The number of ether oxygens (including phenoxy) is 1. The van der Waals surface area contributed by atoms with Crippen LogP contribution in [0.5, 0.6) is 5.75 Å². The van der Waals surface area contributed by atoms with Crippen molar-refractivity contribution in [2.24, 2.45) is 0 Å². The Kier molecular flexibility index (Phi) is 7.77. The van der Waals surface area contributed by atoms with Crippen molar-refractivity contribution in [2.45, 2.75) is 6.61 Å². The van der Waals surface area contributed by atoms with E-state index in [1.807, 2.05) is 0 Å². The van der Waals surface area contributed by atoms with Gasteiger partial charge in [0.2, 0.25) is 0 Å². The van der Waals surface area contributed by atoms with Gasteiger partial charge in [0.1, 0.15) is 18.2 Å². The predicted molar refractivity (Wildman–Crippen MR) is 117 cm³/mol. The fourth-order valence-electron chi connectivity index (χ4n) is 2.59. The number of hydrogen-bond donors (Lipinski definition) is 3. The smallest absolute Gasteiger partial charge is 0.269 e. The molecule has 0 saturated heterocycles. The van der Waals surface area contributed by atoms with Gasteiger partial charge in [0.05, 0.1) is 6.54 Å². The van der Waals surface area contributed by atoms with Crippen LogP contribution in [0.1, 0.15) is 26.3 Å². The summed E-state index contributed by atoms with van der Waals surface area (Å²) in [6.45, 7) is -0.0815. The molecule has 0 heterocycles. The summed E-state index contributed by atoms with van der Waals surface area (Å²) >= 11 is 5.83. The normalized spacial score (nSPS) is 10.2. The minimum atomic E-state index is -0.643. The number of carbonyl (C=O) groups excluding carboxylic acids is 3. The number of benzene rings is 3. The first kappa shape index (κ1) is 22.8. The standard InChI is InChI=1S/C23H19ClFN3O4/c24-18-8-10-20(11-9-18)32-14-15-4-6-16(7-5-15)23(31)28-27-21(29)13-26-22(30)17-2-1-3-19(25)12-17/h1-12H,13-14H2,(H,26,30)(H,27,29)(H,28,31). The van der Waals surface area contributed by atoms with Crippen LogP contribution in [0.25, 0.3) is 0 Å². The van der Waals surface area contributed by atoms with E-state index in [4.69, 9.17) is 16.3 Å². The maximum absolute atomic E-state index is 13.1. The third-order valence-electron chi connectivity index (χ3n) is 4.25. The van der Waals surface area contributed by atoms with Crippen molar-refractivity contribution < 1.29 is 23.5 Å². The molecule has 0 fully saturated rings. The molecule has 0 atom stereocenters. The molecule has 3 N–H and O–H groups in total. The van der Waals surface area contributed by atoms with E-state index in [0.29, 0.717) is 22.9 Å². The Hall–Kier alpha value is -3.91. The second kappa shape index (κ2) is 10.9. The number of amides is 3. The summed E-state index contributed by atoms with van der Waals surface area (Å²) in [5, 5.41) is 2.96. The molecule has 0 bridgehead atoms. The van der Waals surface area contributed by atoms with Crippen LogP contribution in [0, 0.1) is 5.82 Å². The highest BCUT2D eigenvalue weighted by molar-refractivity contribution is 6.30. The van der Waals surface area contributed by atoms with Crippen LogP contribution in [0.15, 0.2) is 72.8 Å². The Morgan fingerprint density at radius 2 is 1.56 bits per heavy atom. The zero-order chi connectivity index (χ0) is 22.9. The van der Waals surface area contributed by atoms with E-state index >= 15 is 0 Å². The van der Waals surface area contributed by atoms with Crippen LogP contribution in [-0.2, 0) is 11.4 Å². The van der Waals surface area contributed by atoms with Crippen molar-refractivity contribution in [3.05, 3.63) is 100 Å². The molecule has 0 unspecified atom stereocenters. The van der Waals surface area contributed by atoms with Crippen LogP contribution in [0.3, 0.4) is 0 Å². The second-order valence-electron chi connectivity index (χ2n) is 6.63. The molecular formula is C23H19ClFN3O4. The zero-order valence-electron chi connectivity index (χ0n) is 16.7. The second-order valence-corrected chi connectivity index (χ2v) is 7.07. The predicted octanol–water partition coefficient (Wildman–Crippen LogP) is 3.25. The van der Waals surface area contributed by atoms with Gasteiger partial charge in [-0.15, -0.1) is 0 Å². The van der Waals surface area contributed by atoms with E-state index < -0.39 is 30.1 Å². The molecule has 3 amide bonds. The number of nitrogens with one attached hydrogen (secondary N) is 3. The van der Waals surface area contributed by atoms with Gasteiger partial charge in [0.25, 0.3) is 17.7 Å². The minimum Gasteiger partial charge on any atom is -0.489 e. The van der Waals surface area contributed by atoms with Gasteiger partial charge in [-0.1, -0.05) is 29.8 Å². The lowest BCUT2D eigenvalue weighted by atomic mass is 10.1. The lowest BCUT2D eigenvalue weighted by molar-refractivity contribution is -0.120. The molecule has 0 aliphatic heterocycles. The molecule has 0 saturated carbocycles. The Morgan fingerprint density at radius 3 is 2.25 bits per heavy atom. The highest BCUT2D eigenvalue weighted by atomic mass is 35.5. The number of carbonyl (C=O) groups is 3. The molecule has 3 rings (SSSR count). The number of hydrogen-bond acceptors (Lipinski definition) is 4. The van der Waals surface area contributed by atoms with Gasteiger partial charge in [-0.3, -0.25) is 25.2 Å². The van der Waals surface area contributed by atoms with E-state index in [0.717, 1.165) is 11.6 Å². The quantitative estimate of drug-likeness (QED) is 0.476. The fourth-order valence-corrected chi connectivity index (χ4v) is 2.71. The van der Waals surface area contributed by atoms with E-state index in [9.17, 15) is 18.8 Å². The minimum absolute atomic E-state index is 0.0852. The third kappa shape index (κ3) is 6.82. The Bertz CT molecular complexity index is 1100. The van der Waals surface area contributed by atoms with Gasteiger partial charge >= 0.3 is 0 Å². The van der Waals surface area contributed by atoms with E-state index in [2.05, 4.69) is 16.2 Å². The summed E-state index contributed by atoms with van der Waals surface area (Å²) in [5.74, 6) is -1.67. The van der Waals surface area contributed by atoms with E-state index in [1.165, 1.54) is 18.2 Å². The van der Waals surface area contributed by atoms with Crippen molar-refractivity contribution in [3.8, 4) is 5.75 Å². The Balaban J connectivity index is 1.41. The van der Waals surface area contributed by atoms with E-state index in [1.54, 1.807) is 48.5 Å². The van der Waals surface area contributed by atoms with Gasteiger partial charge in [0.15, 0.2) is 0 Å².